The monoisotopic (exact) mass is 274 g/mol. The molecule has 0 fully saturated rings. The zero-order valence-electron chi connectivity index (χ0n) is 10.6. The van der Waals surface area contributed by atoms with E-state index in [0.29, 0.717) is 0 Å². The van der Waals surface area contributed by atoms with Crippen LogP contribution in [0.5, 0.6) is 0 Å². The fraction of sp³-hybridized carbons (Fsp3) is 0.400. The van der Waals surface area contributed by atoms with E-state index in [9.17, 15) is 9.46 Å². The zero-order valence-corrected chi connectivity index (χ0v) is 15.5. The van der Waals surface area contributed by atoms with E-state index in [0.717, 1.165) is 5.56 Å². The molecular weight excluding hydrogens is 259 g/mol. The summed E-state index contributed by atoms with van der Waals surface area (Å²) in [7, 11) is -4.21. The summed E-state index contributed by atoms with van der Waals surface area (Å²) in [4.78, 5) is 19.3. The number of hydrogen-bond acceptors (Lipinski definition) is 3. The first kappa shape index (κ1) is 20.6. The molecule has 0 saturated carbocycles. The van der Waals surface area contributed by atoms with Gasteiger partial charge in [0.05, 0.1) is 0 Å². The third kappa shape index (κ3) is 8.17. The third-order valence-corrected chi connectivity index (χ3v) is 3.14. The molecule has 0 aromatic heterocycles. The molecule has 4 nitrogen and oxygen atoms in total. The summed E-state index contributed by atoms with van der Waals surface area (Å²) in [6, 6.07) is 9.23. The Hall–Kier alpha value is 1.33. The van der Waals surface area contributed by atoms with Crippen molar-refractivity contribution in [2.24, 2.45) is 5.73 Å². The first-order valence-corrected chi connectivity index (χ1v) is 6.45. The molecule has 3 N–H and O–H groups in total. The predicted octanol–water partition coefficient (Wildman–Crippen LogP) is -2.58. The molecule has 7 heteroatoms. The van der Waals surface area contributed by atoms with Gasteiger partial charge in [-0.3, -0.25) is 0 Å². The van der Waals surface area contributed by atoms with Gasteiger partial charge in [-0.25, -0.2) is 0 Å². The van der Waals surface area contributed by atoms with Crippen molar-refractivity contribution in [3.8, 4) is 0 Å². The minimum absolute atomic E-state index is 0. The number of benzene rings is 1. The van der Waals surface area contributed by atoms with Crippen LogP contribution in [0.2, 0.25) is 0 Å². The van der Waals surface area contributed by atoms with Gasteiger partial charge >= 0.3 is 29.6 Å². The average molecular weight is 274 g/mol. The molecule has 0 amide bonds. The van der Waals surface area contributed by atoms with Crippen LogP contribution in [0.1, 0.15) is 18.9 Å². The molecule has 0 aliphatic rings. The molecule has 2 atom stereocenters. The molecule has 17 heavy (non-hydrogen) atoms. The molecule has 0 bridgehead atoms. The van der Waals surface area contributed by atoms with Crippen molar-refractivity contribution in [1.29, 1.82) is 0 Å². The minimum atomic E-state index is -4.21. The van der Waals surface area contributed by atoms with Crippen LogP contribution in [0.3, 0.4) is 0 Å². The topological polar surface area (TPSA) is 86.4 Å². The van der Waals surface area contributed by atoms with Gasteiger partial charge in [0.2, 0.25) is 0 Å². The van der Waals surface area contributed by atoms with Gasteiger partial charge in [0.15, 0.2) is 0 Å². The standard InChI is InChI=1S/C10H16NO3P.2Na/c1-10(11,7-8-15(12,13)14)9-5-3-2-4-6-9;;/h2-6H,7-8,11H2,1H3,(H2,12,13,14);;/q;;+1/p-1. The summed E-state index contributed by atoms with van der Waals surface area (Å²) in [5.74, 6) is 0. The van der Waals surface area contributed by atoms with E-state index in [1.54, 1.807) is 6.92 Å². The van der Waals surface area contributed by atoms with E-state index in [-0.39, 0.29) is 71.7 Å². The molecule has 0 saturated heterocycles. The maximum atomic E-state index is 10.6. The van der Waals surface area contributed by atoms with Crippen molar-refractivity contribution < 1.29 is 43.9 Å². The van der Waals surface area contributed by atoms with Crippen LogP contribution >= 0.6 is 7.60 Å². The van der Waals surface area contributed by atoms with Crippen molar-refractivity contribution >= 4 is 37.2 Å². The van der Waals surface area contributed by atoms with E-state index in [4.69, 9.17) is 10.6 Å². The van der Waals surface area contributed by atoms with Gasteiger partial charge in [0, 0.05) is 41.3 Å². The summed E-state index contributed by atoms with van der Waals surface area (Å²) < 4.78 is 10.6. The Labute approximate surface area is 146 Å². The average Bonchev–Trinajstić information content (AvgIpc) is 2.16. The third-order valence-electron chi connectivity index (χ3n) is 2.35. The molecule has 85 valence electrons. The second kappa shape index (κ2) is 8.49. The Morgan fingerprint density at radius 3 is 2.29 bits per heavy atom. The second-order valence-electron chi connectivity index (χ2n) is 3.89. The maximum Gasteiger partial charge on any atom is 1.00 e. The van der Waals surface area contributed by atoms with Crippen LogP contribution in [0.15, 0.2) is 30.3 Å². The summed E-state index contributed by atoms with van der Waals surface area (Å²) in [5, 5.41) is 0. The van der Waals surface area contributed by atoms with Crippen LogP contribution in [-0.2, 0) is 10.1 Å². The molecule has 0 aliphatic carbocycles. The molecule has 0 spiro atoms. The second-order valence-corrected chi connectivity index (χ2v) is 5.62. The molecular formula is C10H15NNa2O3P. The van der Waals surface area contributed by atoms with Crippen LogP contribution in [-0.4, -0.2) is 40.6 Å². The number of hydrogen-bond donors (Lipinski definition) is 2. The van der Waals surface area contributed by atoms with E-state index in [2.05, 4.69) is 0 Å². The van der Waals surface area contributed by atoms with Crippen molar-refractivity contribution in [1.82, 2.24) is 0 Å². The summed E-state index contributed by atoms with van der Waals surface area (Å²) >= 11 is 0. The van der Waals surface area contributed by atoms with Crippen molar-refractivity contribution in [2.75, 3.05) is 6.16 Å². The fourth-order valence-electron chi connectivity index (χ4n) is 1.34. The Balaban J connectivity index is 0. The fourth-order valence-corrected chi connectivity index (χ4v) is 2.08. The Morgan fingerprint density at radius 1 is 1.41 bits per heavy atom. The van der Waals surface area contributed by atoms with Gasteiger partial charge in [-0.2, -0.15) is 0 Å². The minimum Gasteiger partial charge on any atom is -0.779 e. The molecule has 1 aromatic carbocycles. The van der Waals surface area contributed by atoms with Gasteiger partial charge in [-0.1, -0.05) is 30.3 Å². The van der Waals surface area contributed by atoms with Crippen LogP contribution in [0.4, 0.5) is 0 Å². The molecule has 1 aromatic rings. The first-order chi connectivity index (χ1) is 6.81. The Kier molecular flexibility index (Phi) is 10.3. The zero-order chi connectivity index (χ0) is 11.5. The van der Waals surface area contributed by atoms with Crippen molar-refractivity contribution in [3.63, 3.8) is 0 Å². The van der Waals surface area contributed by atoms with Gasteiger partial charge in [-0.15, -0.1) is 0 Å². The predicted molar refractivity (Wildman–Crippen MR) is 63.0 cm³/mol. The summed E-state index contributed by atoms with van der Waals surface area (Å²) in [6.07, 6.45) is -0.0941. The van der Waals surface area contributed by atoms with E-state index >= 15 is 0 Å². The van der Waals surface area contributed by atoms with Crippen LogP contribution in [0.25, 0.3) is 0 Å². The Morgan fingerprint density at radius 2 is 1.88 bits per heavy atom. The number of nitrogens with two attached hydrogens (primary N) is 1. The SMILES string of the molecule is CC(N)(CCP(=O)([O-])O)c1ccccc1.[Na+].[Na]. The van der Waals surface area contributed by atoms with E-state index in [1.807, 2.05) is 30.3 Å². The van der Waals surface area contributed by atoms with Crippen molar-refractivity contribution in [3.05, 3.63) is 35.9 Å². The van der Waals surface area contributed by atoms with Crippen LogP contribution in [0, 0.1) is 0 Å². The molecule has 1 rings (SSSR count). The molecule has 1 radical (unpaired) electrons. The van der Waals surface area contributed by atoms with Gasteiger partial charge < -0.3 is 20.1 Å². The largest absolute Gasteiger partial charge is 1.00 e. The van der Waals surface area contributed by atoms with Gasteiger partial charge in [-0.05, 0) is 18.9 Å². The van der Waals surface area contributed by atoms with Crippen LogP contribution < -0.4 is 40.2 Å². The number of rotatable bonds is 4. The Bertz CT molecular complexity index is 367. The van der Waals surface area contributed by atoms with E-state index in [1.165, 1.54) is 0 Å². The van der Waals surface area contributed by atoms with Gasteiger partial charge in [0.1, 0.15) is 7.60 Å². The quantitative estimate of drug-likeness (QED) is 0.466. The summed E-state index contributed by atoms with van der Waals surface area (Å²) in [5.41, 5.74) is 6.10. The van der Waals surface area contributed by atoms with E-state index < -0.39 is 13.1 Å². The molecule has 0 aliphatic heterocycles. The maximum absolute atomic E-state index is 10.6. The molecule has 2 unspecified atom stereocenters. The summed E-state index contributed by atoms with van der Waals surface area (Å²) in [6.45, 7) is 1.75. The first-order valence-electron chi connectivity index (χ1n) is 4.68. The normalized spacial score (nSPS) is 16.9. The van der Waals surface area contributed by atoms with Crippen molar-refractivity contribution in [2.45, 2.75) is 18.9 Å². The smallest absolute Gasteiger partial charge is 0.779 e. The van der Waals surface area contributed by atoms with Gasteiger partial charge in [0.25, 0.3) is 0 Å². The molecule has 0 heterocycles.